The average molecular weight is 1100 g/mol. The fourth-order valence-corrected chi connectivity index (χ4v) is 9.69. The van der Waals surface area contributed by atoms with Crippen molar-refractivity contribution in [1.82, 2.24) is 41.6 Å². The molecule has 1 aromatic carbocycles. The summed E-state index contributed by atoms with van der Waals surface area (Å²) in [4.78, 5) is 88.7. The molecule has 0 spiro atoms. The lowest BCUT2D eigenvalue weighted by Crippen LogP contribution is -2.58. The molecule has 1 aliphatic rings. The van der Waals surface area contributed by atoms with Crippen molar-refractivity contribution in [2.45, 2.75) is 156 Å². The van der Waals surface area contributed by atoms with Gasteiger partial charge in [0, 0.05) is 62.3 Å². The topological polar surface area (TPSA) is 248 Å². The Morgan fingerprint density at radius 3 is 2.21 bits per heavy atom. The molecule has 6 amide bonds. The molecule has 7 atom stereocenters. The number of hydrogen-bond acceptors (Lipinski definition) is 15. The summed E-state index contributed by atoms with van der Waals surface area (Å²) < 4.78 is 27.9. The molecular formula is C56H90N8O12S. The number of rotatable bonds is 37. The molecule has 432 valence electrons. The second-order valence-corrected chi connectivity index (χ2v) is 20.9. The van der Waals surface area contributed by atoms with Gasteiger partial charge in [0.15, 0.2) is 0 Å². The van der Waals surface area contributed by atoms with E-state index in [0.717, 1.165) is 37.8 Å². The summed E-state index contributed by atoms with van der Waals surface area (Å²) >= 11 is 1.30. The van der Waals surface area contributed by atoms with Crippen LogP contribution in [0.4, 0.5) is 4.79 Å². The van der Waals surface area contributed by atoms with Gasteiger partial charge in [-0.05, 0) is 88.1 Å². The highest BCUT2D eigenvalue weighted by Gasteiger charge is 2.38. The summed E-state index contributed by atoms with van der Waals surface area (Å²) in [6.07, 6.45) is 11.2. The van der Waals surface area contributed by atoms with Crippen molar-refractivity contribution < 1.29 is 57.6 Å². The second-order valence-electron chi connectivity index (χ2n) is 20.0. The minimum atomic E-state index is -0.882. The molecule has 6 N–H and O–H groups in total. The van der Waals surface area contributed by atoms with Gasteiger partial charge in [-0.25, -0.2) is 15.2 Å². The molecule has 7 unspecified atom stereocenters. The molecule has 20 nitrogen and oxygen atoms in total. The molecule has 1 fully saturated rings. The highest BCUT2D eigenvalue weighted by molar-refractivity contribution is 7.09. The van der Waals surface area contributed by atoms with Crippen LogP contribution in [0.1, 0.15) is 146 Å². The lowest BCUT2D eigenvalue weighted by molar-refractivity contribution is -0.143. The van der Waals surface area contributed by atoms with E-state index >= 15 is 0 Å². The average Bonchev–Trinajstić information content (AvgIpc) is 3.92. The van der Waals surface area contributed by atoms with Crippen LogP contribution in [0.2, 0.25) is 0 Å². The molecule has 1 aliphatic heterocycles. The summed E-state index contributed by atoms with van der Waals surface area (Å²) in [5, 5.41) is 21.2. The van der Waals surface area contributed by atoms with E-state index in [4.69, 9.17) is 35.1 Å². The maximum Gasteiger partial charge on any atom is 0.426 e. The van der Waals surface area contributed by atoms with E-state index < -0.39 is 42.0 Å². The first-order valence-electron chi connectivity index (χ1n) is 27.7. The Morgan fingerprint density at radius 2 is 1.57 bits per heavy atom. The number of thiazole rings is 1. The van der Waals surface area contributed by atoms with Gasteiger partial charge in [0.25, 0.3) is 5.91 Å². The quantitative estimate of drug-likeness (QED) is 0.0255. The summed E-state index contributed by atoms with van der Waals surface area (Å²) in [6, 6.07) is 4.77. The molecule has 2 heterocycles. The van der Waals surface area contributed by atoms with Crippen molar-refractivity contribution >= 4 is 47.0 Å². The monoisotopic (exact) mass is 1100 g/mol. The van der Waals surface area contributed by atoms with E-state index in [1.165, 1.54) is 11.3 Å². The number of terminal acetylenes is 1. The Morgan fingerprint density at radius 1 is 0.883 bits per heavy atom. The van der Waals surface area contributed by atoms with Gasteiger partial charge in [-0.1, -0.05) is 73.4 Å². The number of amides is 6. The van der Waals surface area contributed by atoms with Crippen LogP contribution in [0.25, 0.3) is 0 Å². The number of piperidine rings is 1. The number of nitrogens with one attached hydrogen (secondary N) is 5. The van der Waals surface area contributed by atoms with Crippen molar-refractivity contribution in [3.63, 3.8) is 0 Å². The minimum absolute atomic E-state index is 0.0183. The maximum atomic E-state index is 14.8. The SMILES string of the molecule is C#CCCCC(=O)NCCOCCOCCOCCOC(=O)NNC(=O)C(C)CC(Cc1ccc(O)cc1)NC(=O)c1csc(C(CC(C(C)C)N(CCC)C(=O)C(NC(=O)C2CCCCN2C)C(C)CC)OCCC)n1. The molecule has 0 bridgehead atoms. The van der Waals surface area contributed by atoms with Crippen molar-refractivity contribution in [3.05, 3.63) is 45.9 Å². The van der Waals surface area contributed by atoms with E-state index in [1.807, 2.05) is 39.6 Å². The van der Waals surface area contributed by atoms with E-state index in [0.29, 0.717) is 96.1 Å². The number of aromatic hydroxyl groups is 1. The number of carbonyl (C=O) groups excluding carboxylic acids is 6. The molecule has 0 aliphatic carbocycles. The molecular weight excluding hydrogens is 1010 g/mol. The number of ether oxygens (including phenoxy) is 5. The van der Waals surface area contributed by atoms with Gasteiger partial charge < -0.3 is 49.6 Å². The third-order valence-corrected chi connectivity index (χ3v) is 14.3. The molecule has 3 rings (SSSR count). The van der Waals surface area contributed by atoms with Crippen molar-refractivity contribution in [2.24, 2.45) is 17.8 Å². The van der Waals surface area contributed by atoms with Crippen LogP contribution in [0.5, 0.6) is 5.75 Å². The Labute approximate surface area is 461 Å². The molecule has 1 saturated heterocycles. The Balaban J connectivity index is 1.59. The van der Waals surface area contributed by atoms with Crippen molar-refractivity contribution in [2.75, 3.05) is 79.5 Å². The largest absolute Gasteiger partial charge is 0.508 e. The van der Waals surface area contributed by atoms with Gasteiger partial charge in [-0.2, -0.15) is 0 Å². The van der Waals surface area contributed by atoms with Crippen molar-refractivity contribution in [1.29, 1.82) is 0 Å². The Kier molecular flexibility index (Phi) is 32.1. The molecule has 77 heavy (non-hydrogen) atoms. The van der Waals surface area contributed by atoms with Crippen molar-refractivity contribution in [3.8, 4) is 18.1 Å². The van der Waals surface area contributed by atoms with E-state index in [-0.39, 0.29) is 79.3 Å². The van der Waals surface area contributed by atoms with Gasteiger partial charge in [-0.15, -0.1) is 23.7 Å². The third-order valence-electron chi connectivity index (χ3n) is 13.4. The van der Waals surface area contributed by atoms with E-state index in [2.05, 4.69) is 51.5 Å². The summed E-state index contributed by atoms with van der Waals surface area (Å²) in [5.41, 5.74) is 5.63. The van der Waals surface area contributed by atoms with Gasteiger partial charge in [0.1, 0.15) is 35.2 Å². The summed E-state index contributed by atoms with van der Waals surface area (Å²) in [6.45, 7) is 17.8. The number of likely N-dealkylation sites (N-methyl/N-ethyl adjacent to an activating group) is 1. The zero-order valence-corrected chi connectivity index (χ0v) is 47.9. The fraction of sp³-hybridized carbons (Fsp3) is 0.696. The lowest BCUT2D eigenvalue weighted by atomic mass is 9.92. The van der Waals surface area contributed by atoms with Gasteiger partial charge >= 0.3 is 6.09 Å². The number of phenols is 1. The first kappa shape index (κ1) is 65.9. The first-order chi connectivity index (χ1) is 37.0. The number of likely N-dealkylation sites (tertiary alicyclic amines) is 1. The van der Waals surface area contributed by atoms with Gasteiger partial charge in [0.05, 0.1) is 45.7 Å². The van der Waals surface area contributed by atoms with Crippen LogP contribution < -0.4 is 26.8 Å². The third kappa shape index (κ3) is 24.9. The molecule has 0 radical (unpaired) electrons. The van der Waals surface area contributed by atoms with Crippen LogP contribution in [0.3, 0.4) is 0 Å². The number of aromatic nitrogens is 1. The second kappa shape index (κ2) is 37.4. The number of benzene rings is 1. The molecule has 2 aromatic rings. The van der Waals surface area contributed by atoms with Crippen LogP contribution in [-0.4, -0.2) is 159 Å². The van der Waals surface area contributed by atoms with E-state index in [1.54, 1.807) is 36.6 Å². The zero-order valence-electron chi connectivity index (χ0n) is 47.0. The summed E-state index contributed by atoms with van der Waals surface area (Å²) in [5.74, 6) is 0.577. The normalized spacial score (nSPS) is 16.0. The Hall–Kier alpha value is -5.37. The Bertz CT molecular complexity index is 2100. The number of phenolic OH excluding ortho intramolecular Hbond substituents is 1. The van der Waals surface area contributed by atoms with Crippen LogP contribution in [0, 0.1) is 30.1 Å². The lowest BCUT2D eigenvalue weighted by Gasteiger charge is -2.40. The number of carbonyl (C=O) groups is 6. The zero-order chi connectivity index (χ0) is 56.5. The van der Waals surface area contributed by atoms with Gasteiger partial charge in [0.2, 0.25) is 23.6 Å². The van der Waals surface area contributed by atoms with Crippen LogP contribution in [-0.2, 0) is 49.3 Å². The molecule has 21 heteroatoms. The van der Waals surface area contributed by atoms with E-state index in [9.17, 15) is 33.9 Å². The highest BCUT2D eigenvalue weighted by atomic mass is 32.1. The number of nitrogens with zero attached hydrogens (tertiary/aromatic N) is 3. The fourth-order valence-electron chi connectivity index (χ4n) is 8.83. The predicted octanol–water partition coefficient (Wildman–Crippen LogP) is 6.08. The number of unbranched alkanes of at least 4 members (excludes halogenated alkanes) is 1. The maximum absolute atomic E-state index is 14.8. The number of hydrazine groups is 1. The van der Waals surface area contributed by atoms with Gasteiger partial charge in [-0.3, -0.25) is 34.3 Å². The smallest absolute Gasteiger partial charge is 0.426 e. The minimum Gasteiger partial charge on any atom is -0.508 e. The standard InChI is InChI=1S/C56H90N8O12S/c1-10-14-15-19-49(66)57-24-28-72-29-30-73-31-32-74-33-34-76-56(71)62-61-51(67)41(8)35-43(36-42-20-22-44(65)23-21-42)58-52(68)45-38-77-54(59-45)48(75-27-12-3)37-47(39(5)6)64(25-11-2)55(70)50(40(7)13-4)60-53(69)46-18-16-17-26-63(46)9/h1,20-23,38-41,43,46-48,50,65H,11-19,24-37H2,2-9H3,(H,57,66)(H,58,68)(H,60,69)(H,61,67)(H,62,71). The van der Waals surface area contributed by atoms with Crippen LogP contribution >= 0.6 is 11.3 Å². The first-order valence-corrected chi connectivity index (χ1v) is 28.5. The number of hydrogen-bond donors (Lipinski definition) is 6. The van der Waals surface area contributed by atoms with Crippen LogP contribution in [0.15, 0.2) is 29.6 Å². The summed E-state index contributed by atoms with van der Waals surface area (Å²) in [7, 11) is 1.97. The predicted molar refractivity (Wildman–Crippen MR) is 296 cm³/mol. The highest BCUT2D eigenvalue weighted by Crippen LogP contribution is 2.32. The molecule has 1 aromatic heterocycles. The molecule has 0 saturated carbocycles.